The topological polar surface area (TPSA) is 39.9 Å². The van der Waals surface area contributed by atoms with Crippen LogP contribution in [0.3, 0.4) is 0 Å². The summed E-state index contributed by atoms with van der Waals surface area (Å²) in [5, 5.41) is 8.83. The molecule has 0 aliphatic rings. The van der Waals surface area contributed by atoms with E-state index in [1.807, 2.05) is 6.07 Å². The molecule has 0 unspecified atom stereocenters. The van der Waals surface area contributed by atoms with Crippen LogP contribution in [-0.4, -0.2) is 12.0 Å². The molecule has 0 aliphatic heterocycles. The zero-order chi connectivity index (χ0) is 14.8. The van der Waals surface area contributed by atoms with E-state index in [0.29, 0.717) is 11.3 Å². The summed E-state index contributed by atoms with van der Waals surface area (Å²) in [6.45, 7) is 0. The highest BCUT2D eigenvalue weighted by Gasteiger charge is 2.31. The molecule has 20 heavy (non-hydrogen) atoms. The van der Waals surface area contributed by atoms with Gasteiger partial charge in [-0.25, -0.2) is 4.98 Å². The van der Waals surface area contributed by atoms with Crippen LogP contribution < -0.4 is 4.90 Å². The van der Waals surface area contributed by atoms with Gasteiger partial charge in [-0.15, -0.1) is 0 Å². The first-order chi connectivity index (χ1) is 9.41. The van der Waals surface area contributed by atoms with Gasteiger partial charge in [-0.3, -0.25) is 0 Å². The van der Waals surface area contributed by atoms with E-state index in [-0.39, 0.29) is 5.82 Å². The molecular formula is C14H10F3N3. The van der Waals surface area contributed by atoms with Crippen molar-refractivity contribution in [3.8, 4) is 6.07 Å². The van der Waals surface area contributed by atoms with Crippen LogP contribution in [0.4, 0.5) is 24.7 Å². The van der Waals surface area contributed by atoms with E-state index in [1.165, 1.54) is 4.90 Å². The number of anilines is 2. The van der Waals surface area contributed by atoms with E-state index in [2.05, 4.69) is 4.98 Å². The molecule has 0 spiro atoms. The van der Waals surface area contributed by atoms with Crippen molar-refractivity contribution in [3.05, 3.63) is 53.7 Å². The molecule has 1 heterocycles. The van der Waals surface area contributed by atoms with E-state index >= 15 is 0 Å². The summed E-state index contributed by atoms with van der Waals surface area (Å²) < 4.78 is 38.0. The number of alkyl halides is 3. The van der Waals surface area contributed by atoms with Crippen LogP contribution in [0.2, 0.25) is 0 Å². The SMILES string of the molecule is CN(c1cccc(C#N)c1)c1cc(C(F)(F)F)ccn1. The molecule has 2 rings (SSSR count). The Bertz CT molecular complexity index is 659. The van der Waals surface area contributed by atoms with Gasteiger partial charge in [-0.2, -0.15) is 18.4 Å². The number of nitriles is 1. The van der Waals surface area contributed by atoms with Crippen molar-refractivity contribution in [1.29, 1.82) is 5.26 Å². The Kier molecular flexibility index (Phi) is 3.61. The summed E-state index contributed by atoms with van der Waals surface area (Å²) in [6.07, 6.45) is -3.30. The quantitative estimate of drug-likeness (QED) is 0.839. The average Bonchev–Trinajstić information content (AvgIpc) is 2.46. The van der Waals surface area contributed by atoms with E-state index in [1.54, 1.807) is 31.3 Å². The van der Waals surface area contributed by atoms with Gasteiger partial charge in [0.2, 0.25) is 0 Å². The summed E-state index contributed by atoms with van der Waals surface area (Å²) in [6, 6.07) is 10.4. The Balaban J connectivity index is 2.38. The van der Waals surface area contributed by atoms with Gasteiger partial charge in [0, 0.05) is 18.9 Å². The van der Waals surface area contributed by atoms with Crippen molar-refractivity contribution in [1.82, 2.24) is 4.98 Å². The van der Waals surface area contributed by atoms with Crippen LogP contribution in [0.15, 0.2) is 42.6 Å². The first-order valence-corrected chi connectivity index (χ1v) is 5.69. The van der Waals surface area contributed by atoms with Gasteiger partial charge in [-0.1, -0.05) is 6.07 Å². The second-order valence-electron chi connectivity index (χ2n) is 4.12. The number of halogens is 3. The van der Waals surface area contributed by atoms with Crippen LogP contribution in [0, 0.1) is 11.3 Å². The fourth-order valence-electron chi connectivity index (χ4n) is 1.69. The molecule has 0 saturated carbocycles. The van der Waals surface area contributed by atoms with Crippen molar-refractivity contribution < 1.29 is 13.2 Å². The Morgan fingerprint density at radius 3 is 2.60 bits per heavy atom. The summed E-state index contributed by atoms with van der Waals surface area (Å²) in [7, 11) is 1.60. The molecule has 0 amide bonds. The van der Waals surface area contributed by atoms with Crippen molar-refractivity contribution >= 4 is 11.5 Å². The van der Waals surface area contributed by atoms with E-state index in [9.17, 15) is 13.2 Å². The molecule has 0 saturated heterocycles. The Morgan fingerprint density at radius 1 is 1.20 bits per heavy atom. The minimum atomic E-state index is -4.41. The second kappa shape index (κ2) is 5.21. The zero-order valence-corrected chi connectivity index (χ0v) is 10.5. The third-order valence-electron chi connectivity index (χ3n) is 2.78. The van der Waals surface area contributed by atoms with Gasteiger partial charge in [0.1, 0.15) is 5.82 Å². The smallest absolute Gasteiger partial charge is 0.329 e. The number of pyridine rings is 1. The number of benzene rings is 1. The standard InChI is InChI=1S/C14H10F3N3/c1-20(12-4-2-3-10(7-12)9-18)13-8-11(5-6-19-13)14(15,16)17/h2-8H,1H3. The molecule has 0 aliphatic carbocycles. The summed E-state index contributed by atoms with van der Waals surface area (Å²) in [5.74, 6) is 0.162. The zero-order valence-electron chi connectivity index (χ0n) is 10.5. The average molecular weight is 277 g/mol. The van der Waals surface area contributed by atoms with Crippen LogP contribution in [-0.2, 0) is 6.18 Å². The predicted molar refractivity (Wildman–Crippen MR) is 68.5 cm³/mol. The molecule has 0 fully saturated rings. The lowest BCUT2D eigenvalue weighted by molar-refractivity contribution is -0.137. The summed E-state index contributed by atoms with van der Waals surface area (Å²) in [4.78, 5) is 5.42. The van der Waals surface area contributed by atoms with Gasteiger partial charge in [0.15, 0.2) is 0 Å². The number of hydrogen-bond acceptors (Lipinski definition) is 3. The third-order valence-corrected chi connectivity index (χ3v) is 2.78. The fourth-order valence-corrected chi connectivity index (χ4v) is 1.69. The van der Waals surface area contributed by atoms with E-state index in [4.69, 9.17) is 5.26 Å². The number of rotatable bonds is 2. The van der Waals surface area contributed by atoms with Crippen LogP contribution in [0.25, 0.3) is 0 Å². The van der Waals surface area contributed by atoms with Gasteiger partial charge in [0.05, 0.1) is 17.2 Å². The number of aromatic nitrogens is 1. The maximum atomic E-state index is 12.7. The molecule has 0 N–H and O–H groups in total. The van der Waals surface area contributed by atoms with E-state index in [0.717, 1.165) is 18.3 Å². The van der Waals surface area contributed by atoms with Crippen LogP contribution in [0.1, 0.15) is 11.1 Å². The lowest BCUT2D eigenvalue weighted by Crippen LogP contribution is -2.13. The predicted octanol–water partition coefficient (Wildman–Crippen LogP) is 3.74. The molecule has 2 aromatic rings. The minimum Gasteiger partial charge on any atom is -0.329 e. The van der Waals surface area contributed by atoms with Gasteiger partial charge < -0.3 is 4.90 Å². The molecular weight excluding hydrogens is 267 g/mol. The van der Waals surface area contributed by atoms with Crippen LogP contribution in [0.5, 0.6) is 0 Å². The Hall–Kier alpha value is -2.55. The maximum absolute atomic E-state index is 12.7. The monoisotopic (exact) mass is 277 g/mol. The Morgan fingerprint density at radius 2 is 1.95 bits per heavy atom. The second-order valence-corrected chi connectivity index (χ2v) is 4.12. The van der Waals surface area contributed by atoms with Crippen LogP contribution >= 0.6 is 0 Å². The molecule has 3 nitrogen and oxygen atoms in total. The van der Waals surface area contributed by atoms with Gasteiger partial charge in [0.25, 0.3) is 0 Å². The van der Waals surface area contributed by atoms with Gasteiger partial charge >= 0.3 is 6.18 Å². The lowest BCUT2D eigenvalue weighted by Gasteiger charge is -2.19. The normalized spacial score (nSPS) is 10.9. The van der Waals surface area contributed by atoms with Crippen molar-refractivity contribution in [3.63, 3.8) is 0 Å². The fraction of sp³-hybridized carbons (Fsp3) is 0.143. The molecule has 0 bridgehead atoms. The molecule has 1 aromatic carbocycles. The van der Waals surface area contributed by atoms with Crippen molar-refractivity contribution in [2.24, 2.45) is 0 Å². The first-order valence-electron chi connectivity index (χ1n) is 5.69. The minimum absolute atomic E-state index is 0.162. The largest absolute Gasteiger partial charge is 0.416 e. The number of hydrogen-bond donors (Lipinski definition) is 0. The molecule has 102 valence electrons. The van der Waals surface area contributed by atoms with Gasteiger partial charge in [-0.05, 0) is 30.3 Å². The highest BCUT2D eigenvalue weighted by molar-refractivity contribution is 5.61. The third kappa shape index (κ3) is 2.88. The Labute approximate surface area is 113 Å². The van der Waals surface area contributed by atoms with Crippen molar-refractivity contribution in [2.75, 3.05) is 11.9 Å². The van der Waals surface area contributed by atoms with Crippen molar-refractivity contribution in [2.45, 2.75) is 6.18 Å². The molecule has 1 aromatic heterocycles. The number of nitrogens with zero attached hydrogens (tertiary/aromatic N) is 3. The highest BCUT2D eigenvalue weighted by atomic mass is 19.4. The lowest BCUT2D eigenvalue weighted by atomic mass is 10.2. The summed E-state index contributed by atoms with van der Waals surface area (Å²) >= 11 is 0. The summed E-state index contributed by atoms with van der Waals surface area (Å²) in [5.41, 5.74) is 0.267. The molecule has 6 heteroatoms. The molecule has 0 radical (unpaired) electrons. The maximum Gasteiger partial charge on any atom is 0.416 e. The van der Waals surface area contributed by atoms with E-state index < -0.39 is 11.7 Å². The molecule has 0 atom stereocenters. The highest BCUT2D eigenvalue weighted by Crippen LogP contribution is 2.32. The first kappa shape index (κ1) is 13.9.